The number of hydrogen-bond acceptors (Lipinski definition) is 6. The molecule has 1 fully saturated rings. The molecule has 2 aliphatic rings. The van der Waals surface area contributed by atoms with Crippen LogP contribution in [0, 0.1) is 5.82 Å². The van der Waals surface area contributed by atoms with Gasteiger partial charge in [0.2, 0.25) is 17.7 Å². The topological polar surface area (TPSA) is 125 Å². The highest BCUT2D eigenvalue weighted by Crippen LogP contribution is 2.31. The van der Waals surface area contributed by atoms with Gasteiger partial charge in [-0.1, -0.05) is 23.7 Å². The number of rotatable bonds is 7. The van der Waals surface area contributed by atoms with Crippen molar-refractivity contribution in [1.29, 1.82) is 0 Å². The number of ether oxygens (including phenoxy) is 1. The predicted molar refractivity (Wildman–Crippen MR) is 119 cm³/mol. The van der Waals surface area contributed by atoms with Crippen LogP contribution in [-0.2, 0) is 27.3 Å². The van der Waals surface area contributed by atoms with Crippen molar-refractivity contribution in [3.05, 3.63) is 57.9 Å². The summed E-state index contributed by atoms with van der Waals surface area (Å²) in [5.41, 5.74) is 1.57. The van der Waals surface area contributed by atoms with Crippen LogP contribution in [0.2, 0.25) is 5.02 Å². The maximum Gasteiger partial charge on any atom is 0.255 e. The molecule has 3 N–H and O–H groups in total. The average molecular weight is 490 g/mol. The van der Waals surface area contributed by atoms with E-state index in [1.807, 2.05) is 0 Å². The van der Waals surface area contributed by atoms with Crippen molar-refractivity contribution >= 4 is 40.9 Å². The second-order valence-electron chi connectivity index (χ2n) is 7.95. The van der Waals surface area contributed by atoms with Crippen LogP contribution in [0.3, 0.4) is 0 Å². The van der Waals surface area contributed by atoms with Crippen molar-refractivity contribution in [1.82, 2.24) is 10.2 Å². The fraction of sp³-hybridized carbons (Fsp3) is 0.304. The van der Waals surface area contributed by atoms with Crippen molar-refractivity contribution in [2.24, 2.45) is 0 Å². The third-order valence-electron chi connectivity index (χ3n) is 5.60. The van der Waals surface area contributed by atoms with Gasteiger partial charge in [0, 0.05) is 24.6 Å². The Morgan fingerprint density at radius 2 is 2.06 bits per heavy atom. The first kappa shape index (κ1) is 23.7. The molecule has 11 heteroatoms. The van der Waals surface area contributed by atoms with Crippen molar-refractivity contribution < 1.29 is 33.4 Å². The van der Waals surface area contributed by atoms with Gasteiger partial charge in [-0.05, 0) is 29.7 Å². The Kier molecular flexibility index (Phi) is 6.80. The maximum absolute atomic E-state index is 14.2. The molecule has 1 atom stereocenters. The van der Waals surface area contributed by atoms with E-state index in [1.165, 1.54) is 11.0 Å². The highest BCUT2D eigenvalue weighted by molar-refractivity contribution is 6.32. The van der Waals surface area contributed by atoms with E-state index in [2.05, 4.69) is 10.6 Å². The third-order valence-corrected chi connectivity index (χ3v) is 5.89. The summed E-state index contributed by atoms with van der Waals surface area (Å²) in [6, 6.07) is 6.44. The SMILES string of the molecule is O=C1CCC(N2Cc3cc(CC(=O)Nc4cc(OCCO)c(Cl)cc4F)ccc3C2=O)C(=O)N1. The number of nitrogens with zero attached hydrogens (tertiary/aromatic N) is 1. The van der Waals surface area contributed by atoms with Gasteiger partial charge in [-0.2, -0.15) is 0 Å². The van der Waals surface area contributed by atoms with Gasteiger partial charge in [-0.15, -0.1) is 0 Å². The number of carbonyl (C=O) groups excluding carboxylic acids is 4. The lowest BCUT2D eigenvalue weighted by molar-refractivity contribution is -0.137. The summed E-state index contributed by atoms with van der Waals surface area (Å²) in [5.74, 6) is -2.28. The highest BCUT2D eigenvalue weighted by Gasteiger charge is 2.39. The number of aliphatic hydroxyl groups is 1. The second-order valence-corrected chi connectivity index (χ2v) is 8.36. The Balaban J connectivity index is 1.44. The minimum Gasteiger partial charge on any atom is -0.490 e. The molecular formula is C23H21ClFN3O6. The minimum absolute atomic E-state index is 0.00723. The zero-order valence-corrected chi connectivity index (χ0v) is 18.7. The molecule has 4 rings (SSSR count). The molecule has 0 aromatic heterocycles. The number of fused-ring (bicyclic) bond motifs is 1. The fourth-order valence-corrected chi connectivity index (χ4v) is 4.21. The number of anilines is 1. The van der Waals surface area contributed by atoms with E-state index < -0.39 is 23.7 Å². The van der Waals surface area contributed by atoms with Crippen LogP contribution >= 0.6 is 11.6 Å². The molecule has 0 radical (unpaired) electrons. The van der Waals surface area contributed by atoms with Gasteiger partial charge in [0.25, 0.3) is 5.91 Å². The Morgan fingerprint density at radius 1 is 1.26 bits per heavy atom. The summed E-state index contributed by atoms with van der Waals surface area (Å²) < 4.78 is 19.5. The van der Waals surface area contributed by atoms with E-state index in [4.69, 9.17) is 21.4 Å². The Morgan fingerprint density at radius 3 is 2.79 bits per heavy atom. The summed E-state index contributed by atoms with van der Waals surface area (Å²) in [7, 11) is 0. The fourth-order valence-electron chi connectivity index (χ4n) is 4.01. The lowest BCUT2D eigenvalue weighted by Crippen LogP contribution is -2.52. The van der Waals surface area contributed by atoms with Crippen LogP contribution in [0.25, 0.3) is 0 Å². The van der Waals surface area contributed by atoms with Gasteiger partial charge in [0.15, 0.2) is 0 Å². The normalized spacial score (nSPS) is 17.4. The largest absolute Gasteiger partial charge is 0.490 e. The average Bonchev–Trinajstić information content (AvgIpc) is 3.10. The molecule has 2 aromatic rings. The molecule has 0 aliphatic carbocycles. The molecule has 9 nitrogen and oxygen atoms in total. The van der Waals surface area contributed by atoms with Crippen molar-refractivity contribution in [3.63, 3.8) is 0 Å². The van der Waals surface area contributed by atoms with Crippen LogP contribution in [0.4, 0.5) is 10.1 Å². The summed E-state index contributed by atoms with van der Waals surface area (Å²) in [5, 5.41) is 13.6. The second kappa shape index (κ2) is 9.78. The highest BCUT2D eigenvalue weighted by atomic mass is 35.5. The molecule has 2 aromatic carbocycles. The summed E-state index contributed by atoms with van der Waals surface area (Å²) in [6.45, 7) is -0.104. The van der Waals surface area contributed by atoms with E-state index in [0.29, 0.717) is 16.7 Å². The van der Waals surface area contributed by atoms with Crippen LogP contribution < -0.4 is 15.4 Å². The van der Waals surface area contributed by atoms with Gasteiger partial charge in [-0.3, -0.25) is 24.5 Å². The molecule has 34 heavy (non-hydrogen) atoms. The number of imide groups is 1. The van der Waals surface area contributed by atoms with E-state index in [-0.39, 0.29) is 67.3 Å². The Bertz CT molecular complexity index is 1190. The van der Waals surface area contributed by atoms with Crippen LogP contribution in [0.15, 0.2) is 30.3 Å². The number of piperidine rings is 1. The molecule has 2 heterocycles. The van der Waals surface area contributed by atoms with Crippen molar-refractivity contribution in [2.75, 3.05) is 18.5 Å². The monoisotopic (exact) mass is 489 g/mol. The zero-order valence-electron chi connectivity index (χ0n) is 17.9. The molecule has 1 saturated heterocycles. The maximum atomic E-state index is 14.2. The first-order valence-corrected chi connectivity index (χ1v) is 10.9. The number of aliphatic hydroxyl groups excluding tert-OH is 1. The summed E-state index contributed by atoms with van der Waals surface area (Å²) >= 11 is 5.92. The predicted octanol–water partition coefficient (Wildman–Crippen LogP) is 1.79. The van der Waals surface area contributed by atoms with E-state index >= 15 is 0 Å². The smallest absolute Gasteiger partial charge is 0.255 e. The molecule has 2 aliphatic heterocycles. The quantitative estimate of drug-likeness (QED) is 0.509. The van der Waals surface area contributed by atoms with Crippen molar-refractivity contribution in [2.45, 2.75) is 31.8 Å². The molecule has 1 unspecified atom stereocenters. The number of nitrogens with one attached hydrogen (secondary N) is 2. The minimum atomic E-state index is -0.742. The molecular weight excluding hydrogens is 469 g/mol. The van der Waals surface area contributed by atoms with Gasteiger partial charge in [-0.25, -0.2) is 4.39 Å². The summed E-state index contributed by atoms with van der Waals surface area (Å²) in [4.78, 5) is 50.3. The number of benzene rings is 2. The first-order valence-electron chi connectivity index (χ1n) is 10.6. The van der Waals surface area contributed by atoms with Crippen LogP contribution in [-0.4, -0.2) is 52.9 Å². The van der Waals surface area contributed by atoms with Gasteiger partial charge in [0.05, 0.1) is 23.7 Å². The Hall–Kier alpha value is -3.50. The Labute approximate surface area is 198 Å². The van der Waals surface area contributed by atoms with Gasteiger partial charge < -0.3 is 20.1 Å². The van der Waals surface area contributed by atoms with E-state index in [0.717, 1.165) is 6.07 Å². The van der Waals surface area contributed by atoms with Crippen molar-refractivity contribution in [3.8, 4) is 5.75 Å². The number of hydrogen-bond donors (Lipinski definition) is 3. The molecule has 4 amide bonds. The lowest BCUT2D eigenvalue weighted by atomic mass is 10.0. The number of carbonyl (C=O) groups is 4. The lowest BCUT2D eigenvalue weighted by Gasteiger charge is -2.29. The van der Waals surface area contributed by atoms with E-state index in [1.54, 1.807) is 18.2 Å². The van der Waals surface area contributed by atoms with E-state index in [9.17, 15) is 23.6 Å². The zero-order chi connectivity index (χ0) is 24.4. The van der Waals surface area contributed by atoms with Crippen LogP contribution in [0.5, 0.6) is 5.75 Å². The molecule has 0 bridgehead atoms. The first-order chi connectivity index (χ1) is 16.3. The molecule has 0 saturated carbocycles. The van der Waals surface area contributed by atoms with Gasteiger partial charge >= 0.3 is 0 Å². The van der Waals surface area contributed by atoms with Crippen LogP contribution in [0.1, 0.15) is 34.3 Å². The molecule has 178 valence electrons. The third kappa shape index (κ3) is 4.87. The van der Waals surface area contributed by atoms with Gasteiger partial charge in [0.1, 0.15) is 24.2 Å². The standard InChI is InChI=1S/C23H21ClFN3O6/c24-15-9-16(25)17(10-19(15)34-6-5-29)26-21(31)8-12-1-2-14-13(7-12)11-28(23(14)33)18-3-4-20(30)27-22(18)32/h1-2,7,9-10,18,29H,3-6,8,11H2,(H,26,31)(H,27,30,32). The molecule has 0 spiro atoms. The number of halogens is 2. The summed E-state index contributed by atoms with van der Waals surface area (Å²) in [6.07, 6.45) is 0.334. The number of amides is 4.